The van der Waals surface area contributed by atoms with Gasteiger partial charge >= 0.3 is 0 Å². The summed E-state index contributed by atoms with van der Waals surface area (Å²) in [6, 6.07) is 17.6. The summed E-state index contributed by atoms with van der Waals surface area (Å²) in [5.74, 6) is 3.12. The lowest BCUT2D eigenvalue weighted by Gasteiger charge is -2.03. The molecule has 0 aliphatic carbocycles. The lowest BCUT2D eigenvalue weighted by atomic mass is 10.2. The molecule has 0 unspecified atom stereocenters. The Morgan fingerprint density at radius 1 is 1.29 bits per heavy atom. The van der Waals surface area contributed by atoms with Gasteiger partial charge in [0.1, 0.15) is 18.4 Å². The van der Waals surface area contributed by atoms with E-state index in [1.165, 1.54) is 11.8 Å². The van der Waals surface area contributed by atoms with Crippen molar-refractivity contribution in [3.63, 3.8) is 0 Å². The Morgan fingerprint density at radius 3 is 2.96 bits per heavy atom. The first kappa shape index (κ1) is 16.1. The summed E-state index contributed by atoms with van der Waals surface area (Å²) in [6.45, 7) is 0.221. The third-order valence-corrected chi connectivity index (χ3v) is 5.09. The molecule has 0 aliphatic rings. The first-order chi connectivity index (χ1) is 11.8. The number of rotatable bonds is 5. The van der Waals surface area contributed by atoms with Crippen LogP contribution in [0.25, 0.3) is 16.3 Å². The number of aromatic nitrogens is 1. The smallest absolute Gasteiger partial charge is 0.156 e. The quantitative estimate of drug-likeness (QED) is 0.371. The van der Waals surface area contributed by atoms with Gasteiger partial charge in [0.2, 0.25) is 0 Å². The summed E-state index contributed by atoms with van der Waals surface area (Å²) in [6.07, 6.45) is 7.01. The molecule has 0 atom stereocenters. The third kappa shape index (κ3) is 3.97. The maximum absolute atomic E-state index is 9.41. The van der Waals surface area contributed by atoms with Crippen molar-refractivity contribution >= 4 is 39.4 Å². The molecule has 3 rings (SSSR count). The van der Waals surface area contributed by atoms with Gasteiger partial charge in [-0.25, -0.2) is 4.98 Å². The molecule has 116 valence electrons. The zero-order chi connectivity index (χ0) is 16.8. The van der Waals surface area contributed by atoms with Gasteiger partial charge in [0.15, 0.2) is 4.34 Å². The summed E-state index contributed by atoms with van der Waals surface area (Å²) >= 11 is 2.95. The van der Waals surface area contributed by atoms with Crippen LogP contribution in [0, 0.1) is 23.7 Å². The molecule has 0 radical (unpaired) electrons. The molecule has 0 saturated heterocycles. The highest BCUT2D eigenvalue weighted by atomic mass is 32.2. The number of nitrogens with zero attached hydrogens (tertiary/aromatic N) is 2. The molecule has 24 heavy (non-hydrogen) atoms. The summed E-state index contributed by atoms with van der Waals surface area (Å²) in [5, 5.41) is 9.41. The normalized spacial score (nSPS) is 11.0. The molecule has 0 amide bonds. The number of allylic oxidation sites excluding steroid dienone is 1. The molecule has 0 aliphatic heterocycles. The zero-order valence-corrected chi connectivity index (χ0v) is 14.2. The Labute approximate surface area is 148 Å². The van der Waals surface area contributed by atoms with Crippen LogP contribution in [0.1, 0.15) is 5.56 Å². The number of para-hydroxylation sites is 1. The Balaban J connectivity index is 1.82. The predicted octanol–water partition coefficient (Wildman–Crippen LogP) is 4.97. The summed E-state index contributed by atoms with van der Waals surface area (Å²) < 4.78 is 7.37. The molecule has 1 aromatic heterocycles. The van der Waals surface area contributed by atoms with E-state index in [2.05, 4.69) is 17.0 Å². The minimum Gasteiger partial charge on any atom is -0.481 e. The van der Waals surface area contributed by atoms with Crippen LogP contribution >= 0.6 is 23.1 Å². The Kier molecular flexibility index (Phi) is 5.18. The molecule has 1 heterocycles. The van der Waals surface area contributed by atoms with Crippen molar-refractivity contribution < 1.29 is 4.74 Å². The van der Waals surface area contributed by atoms with E-state index in [-0.39, 0.29) is 6.61 Å². The molecule has 0 saturated carbocycles. The lowest BCUT2D eigenvalue weighted by Crippen LogP contribution is -1.93. The van der Waals surface area contributed by atoms with E-state index in [0.717, 1.165) is 20.1 Å². The van der Waals surface area contributed by atoms with Gasteiger partial charge in [-0.15, -0.1) is 17.8 Å². The number of thioether (sulfide) groups is 1. The van der Waals surface area contributed by atoms with Gasteiger partial charge in [0.25, 0.3) is 0 Å². The van der Waals surface area contributed by atoms with Crippen LogP contribution in [0.3, 0.4) is 0 Å². The molecule has 3 aromatic rings. The van der Waals surface area contributed by atoms with E-state index in [9.17, 15) is 5.26 Å². The van der Waals surface area contributed by atoms with Crippen molar-refractivity contribution in [3.05, 3.63) is 59.0 Å². The number of ether oxygens (including phenoxy) is 1. The van der Waals surface area contributed by atoms with Gasteiger partial charge in [-0.3, -0.25) is 0 Å². The maximum Gasteiger partial charge on any atom is 0.156 e. The highest BCUT2D eigenvalue weighted by Gasteiger charge is 2.07. The Morgan fingerprint density at radius 2 is 2.17 bits per heavy atom. The number of terminal acetylenes is 1. The van der Waals surface area contributed by atoms with Crippen LogP contribution in [0.15, 0.2) is 57.8 Å². The van der Waals surface area contributed by atoms with Crippen LogP contribution in [0.4, 0.5) is 0 Å². The fourth-order valence-electron chi connectivity index (χ4n) is 2.04. The van der Waals surface area contributed by atoms with Crippen molar-refractivity contribution in [2.24, 2.45) is 0 Å². The summed E-state index contributed by atoms with van der Waals surface area (Å²) in [4.78, 5) is 5.12. The van der Waals surface area contributed by atoms with Crippen molar-refractivity contribution in [2.45, 2.75) is 4.34 Å². The van der Waals surface area contributed by atoms with Crippen molar-refractivity contribution in [1.82, 2.24) is 4.98 Å². The van der Waals surface area contributed by atoms with Crippen LogP contribution in [0.5, 0.6) is 5.75 Å². The van der Waals surface area contributed by atoms with Crippen molar-refractivity contribution in [1.29, 1.82) is 5.26 Å². The Hall–Kier alpha value is -2.73. The molecule has 0 N–H and O–H groups in total. The number of fused-ring (bicyclic) bond motifs is 1. The molecular weight excluding hydrogens is 336 g/mol. The predicted molar refractivity (Wildman–Crippen MR) is 99.8 cm³/mol. The van der Waals surface area contributed by atoms with E-state index in [1.54, 1.807) is 11.3 Å². The largest absolute Gasteiger partial charge is 0.481 e. The van der Waals surface area contributed by atoms with E-state index in [0.29, 0.717) is 10.7 Å². The minimum absolute atomic E-state index is 0.221. The number of nitriles is 1. The second kappa shape index (κ2) is 7.70. The second-order valence-electron chi connectivity index (χ2n) is 4.74. The lowest BCUT2D eigenvalue weighted by molar-refractivity contribution is 0.370. The number of thiazole rings is 1. The topological polar surface area (TPSA) is 45.9 Å². The maximum atomic E-state index is 9.41. The van der Waals surface area contributed by atoms with Gasteiger partial charge in [-0.1, -0.05) is 30.2 Å². The molecule has 0 fully saturated rings. The van der Waals surface area contributed by atoms with Gasteiger partial charge in [-0.05, 0) is 47.7 Å². The van der Waals surface area contributed by atoms with E-state index in [4.69, 9.17) is 11.2 Å². The van der Waals surface area contributed by atoms with Gasteiger partial charge in [-0.2, -0.15) is 5.26 Å². The highest BCUT2D eigenvalue weighted by molar-refractivity contribution is 8.05. The molecular formula is C19H12N2OS2. The van der Waals surface area contributed by atoms with Crippen LogP contribution in [-0.4, -0.2) is 11.6 Å². The standard InChI is InChI=1S/C19H12N2OS2/c1-2-10-22-15-7-5-6-14(11-15)12-16(13-20)23-19-21-17-8-3-4-9-18(17)24-19/h1,3-9,11-12H,10H2/b16-12-. The highest BCUT2D eigenvalue weighted by Crippen LogP contribution is 2.34. The third-order valence-electron chi connectivity index (χ3n) is 3.06. The van der Waals surface area contributed by atoms with E-state index < -0.39 is 0 Å². The molecule has 0 bridgehead atoms. The Bertz CT molecular complexity index is 944. The van der Waals surface area contributed by atoms with Crippen LogP contribution in [0.2, 0.25) is 0 Å². The fourth-order valence-corrected chi connectivity index (χ4v) is 4.02. The monoisotopic (exact) mass is 348 g/mol. The fraction of sp³-hybridized carbons (Fsp3) is 0.0526. The first-order valence-electron chi connectivity index (χ1n) is 7.10. The van der Waals surface area contributed by atoms with Crippen molar-refractivity contribution in [3.8, 4) is 24.2 Å². The molecule has 2 aromatic carbocycles. The van der Waals surface area contributed by atoms with Crippen LogP contribution < -0.4 is 4.74 Å². The van der Waals surface area contributed by atoms with Gasteiger partial charge < -0.3 is 4.74 Å². The SMILES string of the molecule is C#CCOc1cccc(/C=C(/C#N)Sc2nc3ccccc3s2)c1. The zero-order valence-electron chi connectivity index (χ0n) is 12.6. The van der Waals surface area contributed by atoms with Gasteiger partial charge in [0, 0.05) is 0 Å². The number of benzene rings is 2. The average Bonchev–Trinajstić information content (AvgIpc) is 3.02. The van der Waals surface area contributed by atoms with E-state index >= 15 is 0 Å². The van der Waals surface area contributed by atoms with Crippen molar-refractivity contribution in [2.75, 3.05) is 6.61 Å². The second-order valence-corrected chi connectivity index (χ2v) is 7.05. The molecule has 0 spiro atoms. The summed E-state index contributed by atoms with van der Waals surface area (Å²) in [5.41, 5.74) is 1.83. The summed E-state index contributed by atoms with van der Waals surface area (Å²) in [7, 11) is 0. The number of hydrogen-bond acceptors (Lipinski definition) is 5. The van der Waals surface area contributed by atoms with Crippen LogP contribution in [-0.2, 0) is 0 Å². The minimum atomic E-state index is 0.221. The average molecular weight is 348 g/mol. The van der Waals surface area contributed by atoms with E-state index in [1.807, 2.05) is 54.6 Å². The molecule has 5 heteroatoms. The van der Waals surface area contributed by atoms with Gasteiger partial charge in [0.05, 0.1) is 15.1 Å². The number of hydrogen-bond donors (Lipinski definition) is 0. The molecule has 3 nitrogen and oxygen atoms in total. The first-order valence-corrected chi connectivity index (χ1v) is 8.73.